The SMILES string of the molecule is COC(=O)c1cc(NC(=O)C2(c3ccccc3)CC2)cnc1OC. The van der Waals surface area contributed by atoms with E-state index in [1.807, 2.05) is 30.3 Å². The number of carbonyl (C=O) groups excluding carboxylic acids is 2. The molecule has 1 amide bonds. The molecule has 0 saturated heterocycles. The van der Waals surface area contributed by atoms with Crippen molar-refractivity contribution >= 4 is 17.6 Å². The largest absolute Gasteiger partial charge is 0.480 e. The lowest BCUT2D eigenvalue weighted by atomic mass is 9.95. The first-order chi connectivity index (χ1) is 11.6. The number of nitrogens with one attached hydrogen (secondary N) is 1. The maximum atomic E-state index is 12.7. The third-order valence-electron chi connectivity index (χ3n) is 4.22. The highest BCUT2D eigenvalue weighted by Crippen LogP contribution is 2.48. The third kappa shape index (κ3) is 2.82. The van der Waals surface area contributed by atoms with Crippen LogP contribution in [-0.4, -0.2) is 31.1 Å². The highest BCUT2D eigenvalue weighted by Gasteiger charge is 2.51. The number of methoxy groups -OCH3 is 2. The summed E-state index contributed by atoms with van der Waals surface area (Å²) in [5.41, 5.74) is 1.11. The van der Waals surface area contributed by atoms with E-state index in [9.17, 15) is 9.59 Å². The number of benzene rings is 1. The van der Waals surface area contributed by atoms with Gasteiger partial charge in [-0.15, -0.1) is 0 Å². The molecule has 6 nitrogen and oxygen atoms in total. The Hall–Kier alpha value is -2.89. The molecule has 0 bridgehead atoms. The molecular weight excluding hydrogens is 308 g/mol. The van der Waals surface area contributed by atoms with Crippen molar-refractivity contribution in [3.8, 4) is 5.88 Å². The van der Waals surface area contributed by atoms with E-state index in [0.717, 1.165) is 18.4 Å². The molecule has 0 aliphatic heterocycles. The molecule has 3 rings (SSSR count). The second kappa shape index (κ2) is 6.31. The molecule has 1 aliphatic carbocycles. The van der Waals surface area contributed by atoms with Gasteiger partial charge in [0.2, 0.25) is 11.8 Å². The molecule has 0 unspecified atom stereocenters. The van der Waals surface area contributed by atoms with Gasteiger partial charge in [-0.25, -0.2) is 9.78 Å². The van der Waals surface area contributed by atoms with E-state index in [4.69, 9.17) is 9.47 Å². The summed E-state index contributed by atoms with van der Waals surface area (Å²) in [4.78, 5) is 28.6. The molecule has 1 N–H and O–H groups in total. The van der Waals surface area contributed by atoms with E-state index in [1.54, 1.807) is 0 Å². The van der Waals surface area contributed by atoms with Crippen LogP contribution in [0.15, 0.2) is 42.6 Å². The van der Waals surface area contributed by atoms with Crippen molar-refractivity contribution in [1.82, 2.24) is 4.98 Å². The summed E-state index contributed by atoms with van der Waals surface area (Å²) in [7, 11) is 2.70. The van der Waals surface area contributed by atoms with Crippen LogP contribution in [-0.2, 0) is 14.9 Å². The minimum atomic E-state index is -0.570. The van der Waals surface area contributed by atoms with E-state index in [1.165, 1.54) is 26.5 Å². The van der Waals surface area contributed by atoms with Crippen LogP contribution in [0.4, 0.5) is 5.69 Å². The average Bonchev–Trinajstić information content (AvgIpc) is 3.43. The van der Waals surface area contributed by atoms with Crippen molar-refractivity contribution in [1.29, 1.82) is 0 Å². The Bertz CT molecular complexity index is 770. The molecule has 1 fully saturated rings. The maximum Gasteiger partial charge on any atom is 0.343 e. The molecule has 124 valence electrons. The Morgan fingerprint density at radius 2 is 1.88 bits per heavy atom. The van der Waals surface area contributed by atoms with Crippen LogP contribution in [0.5, 0.6) is 5.88 Å². The highest BCUT2D eigenvalue weighted by molar-refractivity contribution is 6.02. The molecule has 1 saturated carbocycles. The molecular formula is C18H18N2O4. The van der Waals surface area contributed by atoms with Crippen molar-refractivity contribution in [2.45, 2.75) is 18.3 Å². The normalized spacial score (nSPS) is 14.6. The number of rotatable bonds is 5. The molecule has 24 heavy (non-hydrogen) atoms. The van der Waals surface area contributed by atoms with Crippen LogP contribution < -0.4 is 10.1 Å². The van der Waals surface area contributed by atoms with Crippen LogP contribution in [0.2, 0.25) is 0 Å². The molecule has 6 heteroatoms. The zero-order valence-corrected chi connectivity index (χ0v) is 13.5. The van der Waals surface area contributed by atoms with Gasteiger partial charge in [0.05, 0.1) is 31.5 Å². The van der Waals surface area contributed by atoms with Gasteiger partial charge >= 0.3 is 5.97 Å². The van der Waals surface area contributed by atoms with Crippen LogP contribution in [0.3, 0.4) is 0 Å². The second-order valence-electron chi connectivity index (χ2n) is 5.67. The molecule has 2 aromatic rings. The van der Waals surface area contributed by atoms with Gasteiger partial charge in [-0.3, -0.25) is 4.79 Å². The van der Waals surface area contributed by atoms with Gasteiger partial charge in [-0.1, -0.05) is 30.3 Å². The topological polar surface area (TPSA) is 77.5 Å². The Balaban J connectivity index is 1.84. The average molecular weight is 326 g/mol. The van der Waals surface area contributed by atoms with Crippen LogP contribution in [0, 0.1) is 0 Å². The number of pyridine rings is 1. The number of aromatic nitrogens is 1. The van der Waals surface area contributed by atoms with Gasteiger partial charge in [0.25, 0.3) is 0 Å². The fraction of sp³-hybridized carbons (Fsp3) is 0.278. The summed E-state index contributed by atoms with van der Waals surface area (Å²) in [6, 6.07) is 11.2. The second-order valence-corrected chi connectivity index (χ2v) is 5.67. The quantitative estimate of drug-likeness (QED) is 0.854. The lowest BCUT2D eigenvalue weighted by Gasteiger charge is -2.16. The number of amides is 1. The van der Waals surface area contributed by atoms with Crippen molar-refractivity contribution in [3.05, 3.63) is 53.7 Å². The summed E-state index contributed by atoms with van der Waals surface area (Å²) < 4.78 is 9.77. The van der Waals surface area contributed by atoms with Gasteiger partial charge in [0.1, 0.15) is 5.56 Å². The van der Waals surface area contributed by atoms with Crippen LogP contribution in [0.1, 0.15) is 28.8 Å². The number of hydrogen-bond acceptors (Lipinski definition) is 5. The number of ether oxygens (including phenoxy) is 2. The van der Waals surface area contributed by atoms with Gasteiger partial charge < -0.3 is 14.8 Å². The molecule has 1 aliphatic rings. The minimum Gasteiger partial charge on any atom is -0.480 e. The molecule has 0 spiro atoms. The van der Waals surface area contributed by atoms with Crippen LogP contribution >= 0.6 is 0 Å². The van der Waals surface area contributed by atoms with Crippen molar-refractivity contribution in [2.24, 2.45) is 0 Å². The first-order valence-corrected chi connectivity index (χ1v) is 7.60. The number of esters is 1. The number of carbonyl (C=O) groups is 2. The van der Waals surface area contributed by atoms with E-state index in [0.29, 0.717) is 5.69 Å². The lowest BCUT2D eigenvalue weighted by Crippen LogP contribution is -2.28. The number of nitrogens with zero attached hydrogens (tertiary/aromatic N) is 1. The van der Waals surface area contributed by atoms with E-state index < -0.39 is 11.4 Å². The summed E-state index contributed by atoms with van der Waals surface area (Å²) in [5, 5.41) is 2.85. The van der Waals surface area contributed by atoms with Crippen molar-refractivity contribution in [3.63, 3.8) is 0 Å². The van der Waals surface area contributed by atoms with Gasteiger partial charge in [-0.2, -0.15) is 0 Å². The lowest BCUT2D eigenvalue weighted by molar-refractivity contribution is -0.118. The van der Waals surface area contributed by atoms with Crippen molar-refractivity contribution in [2.75, 3.05) is 19.5 Å². The first-order valence-electron chi connectivity index (χ1n) is 7.60. The molecule has 1 aromatic carbocycles. The summed E-state index contributed by atoms with van der Waals surface area (Å²) in [6.07, 6.45) is 3.07. The summed E-state index contributed by atoms with van der Waals surface area (Å²) in [6.45, 7) is 0. The minimum absolute atomic E-state index is 0.100. The summed E-state index contributed by atoms with van der Waals surface area (Å²) >= 11 is 0. The molecule has 1 heterocycles. The highest BCUT2D eigenvalue weighted by atomic mass is 16.5. The van der Waals surface area contributed by atoms with E-state index >= 15 is 0 Å². The smallest absolute Gasteiger partial charge is 0.343 e. The Morgan fingerprint density at radius 3 is 2.46 bits per heavy atom. The number of hydrogen-bond donors (Lipinski definition) is 1. The van der Waals surface area contributed by atoms with Gasteiger partial charge in [-0.05, 0) is 24.5 Å². The fourth-order valence-corrected chi connectivity index (χ4v) is 2.72. The van der Waals surface area contributed by atoms with Gasteiger partial charge in [0.15, 0.2) is 0 Å². The first kappa shape index (κ1) is 16.0. The molecule has 0 radical (unpaired) electrons. The number of anilines is 1. The van der Waals surface area contributed by atoms with E-state index in [2.05, 4.69) is 10.3 Å². The Labute approximate surface area is 139 Å². The zero-order chi connectivity index (χ0) is 17.2. The summed E-state index contributed by atoms with van der Waals surface area (Å²) in [5.74, 6) is -0.514. The Kier molecular flexibility index (Phi) is 4.20. The fourth-order valence-electron chi connectivity index (χ4n) is 2.72. The van der Waals surface area contributed by atoms with Gasteiger partial charge in [0, 0.05) is 0 Å². The predicted molar refractivity (Wildman–Crippen MR) is 88.1 cm³/mol. The Morgan fingerprint density at radius 1 is 1.17 bits per heavy atom. The zero-order valence-electron chi connectivity index (χ0n) is 13.5. The predicted octanol–water partition coefficient (Wildman–Crippen LogP) is 2.55. The van der Waals surface area contributed by atoms with E-state index in [-0.39, 0.29) is 17.4 Å². The molecule has 1 aromatic heterocycles. The standard InChI is InChI=1S/C18H18N2O4/c1-23-15-14(16(21)24-2)10-13(11-19-15)20-17(22)18(8-9-18)12-6-4-3-5-7-12/h3-7,10-11H,8-9H2,1-2H3,(H,20,22). The monoisotopic (exact) mass is 326 g/mol. The third-order valence-corrected chi connectivity index (χ3v) is 4.22. The van der Waals surface area contributed by atoms with Crippen molar-refractivity contribution < 1.29 is 19.1 Å². The molecule has 0 atom stereocenters. The van der Waals surface area contributed by atoms with Crippen LogP contribution in [0.25, 0.3) is 0 Å². The maximum absolute atomic E-state index is 12.7.